The van der Waals surface area contributed by atoms with Gasteiger partial charge in [0.2, 0.25) is 0 Å². The minimum Gasteiger partial charge on any atom is -0.493 e. The summed E-state index contributed by atoms with van der Waals surface area (Å²) in [6.45, 7) is 0.0805. The molecule has 21 heavy (non-hydrogen) atoms. The second kappa shape index (κ2) is 6.13. The Labute approximate surface area is 120 Å². The van der Waals surface area contributed by atoms with Gasteiger partial charge in [0, 0.05) is 12.1 Å². The van der Waals surface area contributed by atoms with Crippen molar-refractivity contribution in [2.75, 3.05) is 12.8 Å². The number of aromatic carboxylic acids is 1. The third kappa shape index (κ3) is 3.42. The maximum Gasteiger partial charge on any atom is 0.337 e. The van der Waals surface area contributed by atoms with E-state index in [0.717, 1.165) is 0 Å². The summed E-state index contributed by atoms with van der Waals surface area (Å²) < 4.78 is 23.7. The van der Waals surface area contributed by atoms with Gasteiger partial charge in [-0.05, 0) is 17.7 Å². The Kier molecular flexibility index (Phi) is 4.27. The second-order valence-electron chi connectivity index (χ2n) is 4.31. The number of rotatable bonds is 5. The van der Waals surface area contributed by atoms with Gasteiger partial charge in [0.25, 0.3) is 0 Å². The van der Waals surface area contributed by atoms with E-state index in [1.165, 1.54) is 31.4 Å². The number of nitrogens with two attached hydrogens (primary N) is 1. The number of anilines is 1. The van der Waals surface area contributed by atoms with Gasteiger partial charge in [0.05, 0.1) is 18.4 Å². The molecule has 0 saturated carbocycles. The lowest BCUT2D eigenvalue weighted by Crippen LogP contribution is -2.05. The number of halogens is 1. The third-order valence-electron chi connectivity index (χ3n) is 2.85. The smallest absolute Gasteiger partial charge is 0.337 e. The van der Waals surface area contributed by atoms with E-state index in [0.29, 0.717) is 11.3 Å². The first-order chi connectivity index (χ1) is 10.0. The Morgan fingerprint density at radius 3 is 2.67 bits per heavy atom. The largest absolute Gasteiger partial charge is 0.493 e. The molecular formula is C15H14FNO4. The lowest BCUT2D eigenvalue weighted by molar-refractivity contribution is 0.0697. The normalized spacial score (nSPS) is 10.2. The summed E-state index contributed by atoms with van der Waals surface area (Å²) in [4.78, 5) is 11.1. The maximum atomic E-state index is 13.1. The Morgan fingerprint density at radius 1 is 1.29 bits per heavy atom. The molecule has 0 unspecified atom stereocenters. The van der Waals surface area contributed by atoms with Gasteiger partial charge in [0.1, 0.15) is 12.4 Å². The van der Waals surface area contributed by atoms with Gasteiger partial charge in [-0.3, -0.25) is 0 Å². The van der Waals surface area contributed by atoms with Crippen molar-refractivity contribution in [2.24, 2.45) is 0 Å². The second-order valence-corrected chi connectivity index (χ2v) is 4.31. The zero-order chi connectivity index (χ0) is 15.4. The number of methoxy groups -OCH3 is 1. The van der Waals surface area contributed by atoms with Crippen LogP contribution in [0, 0.1) is 5.82 Å². The van der Waals surface area contributed by atoms with Gasteiger partial charge < -0.3 is 20.3 Å². The van der Waals surface area contributed by atoms with Crippen LogP contribution in [0.3, 0.4) is 0 Å². The molecule has 5 nitrogen and oxygen atoms in total. The van der Waals surface area contributed by atoms with Gasteiger partial charge in [-0.15, -0.1) is 0 Å². The van der Waals surface area contributed by atoms with Crippen LogP contribution in [0.1, 0.15) is 15.9 Å². The van der Waals surface area contributed by atoms with Crippen LogP contribution in [0.15, 0.2) is 36.4 Å². The summed E-state index contributed by atoms with van der Waals surface area (Å²) in [5.74, 6) is -0.986. The van der Waals surface area contributed by atoms with Crippen molar-refractivity contribution in [1.82, 2.24) is 0 Å². The highest BCUT2D eigenvalue weighted by atomic mass is 19.1. The highest BCUT2D eigenvalue weighted by Gasteiger charge is 2.14. The predicted molar refractivity (Wildman–Crippen MR) is 75.1 cm³/mol. The molecule has 3 N–H and O–H groups in total. The monoisotopic (exact) mass is 291 g/mol. The van der Waals surface area contributed by atoms with E-state index in [9.17, 15) is 9.18 Å². The molecule has 0 aliphatic rings. The molecule has 0 aliphatic heterocycles. The maximum absolute atomic E-state index is 13.1. The summed E-state index contributed by atoms with van der Waals surface area (Å²) in [5.41, 5.74) is 6.25. The number of benzene rings is 2. The van der Waals surface area contributed by atoms with Crippen molar-refractivity contribution < 1.29 is 23.8 Å². The van der Waals surface area contributed by atoms with Crippen molar-refractivity contribution in [2.45, 2.75) is 6.61 Å². The average molecular weight is 291 g/mol. The van der Waals surface area contributed by atoms with E-state index in [1.807, 2.05) is 0 Å². The van der Waals surface area contributed by atoms with Crippen LogP contribution in [0.2, 0.25) is 0 Å². The van der Waals surface area contributed by atoms with Crippen molar-refractivity contribution in [3.8, 4) is 11.5 Å². The number of hydrogen-bond donors (Lipinski definition) is 2. The lowest BCUT2D eigenvalue weighted by atomic mass is 10.1. The number of carboxylic acid groups (broad SMARTS) is 1. The first-order valence-electron chi connectivity index (χ1n) is 6.09. The molecule has 0 fully saturated rings. The van der Waals surface area contributed by atoms with E-state index in [4.69, 9.17) is 20.3 Å². The first kappa shape index (κ1) is 14.6. The van der Waals surface area contributed by atoms with Crippen molar-refractivity contribution >= 4 is 11.7 Å². The molecule has 0 saturated heterocycles. The first-order valence-corrected chi connectivity index (χ1v) is 6.09. The topological polar surface area (TPSA) is 81.8 Å². The van der Waals surface area contributed by atoms with E-state index < -0.39 is 5.97 Å². The summed E-state index contributed by atoms with van der Waals surface area (Å²) in [6.07, 6.45) is 0. The van der Waals surface area contributed by atoms with Crippen LogP contribution in [-0.4, -0.2) is 18.2 Å². The molecule has 0 aliphatic carbocycles. The molecule has 2 aromatic rings. The van der Waals surface area contributed by atoms with Gasteiger partial charge in [0.15, 0.2) is 11.5 Å². The van der Waals surface area contributed by atoms with Crippen LogP contribution in [-0.2, 0) is 6.61 Å². The van der Waals surface area contributed by atoms with Crippen LogP contribution < -0.4 is 15.2 Å². The van der Waals surface area contributed by atoms with Crippen LogP contribution >= 0.6 is 0 Å². The molecule has 2 aromatic carbocycles. The molecule has 0 bridgehead atoms. The van der Waals surface area contributed by atoms with Gasteiger partial charge in [-0.25, -0.2) is 9.18 Å². The zero-order valence-electron chi connectivity index (χ0n) is 11.3. The van der Waals surface area contributed by atoms with Crippen LogP contribution in [0.25, 0.3) is 0 Å². The van der Waals surface area contributed by atoms with Crippen molar-refractivity contribution in [3.05, 3.63) is 53.3 Å². The fourth-order valence-electron chi connectivity index (χ4n) is 1.82. The third-order valence-corrected chi connectivity index (χ3v) is 2.85. The quantitative estimate of drug-likeness (QED) is 0.828. The molecule has 0 atom stereocenters. The SMILES string of the molecule is COc1cc(N)c(C(=O)O)cc1OCc1cccc(F)c1. The van der Waals surface area contributed by atoms with Gasteiger partial charge in [-0.1, -0.05) is 12.1 Å². The molecular weight excluding hydrogens is 277 g/mol. The number of ether oxygens (including phenoxy) is 2. The molecule has 2 rings (SSSR count). The van der Waals surface area contributed by atoms with E-state index in [2.05, 4.69) is 0 Å². The standard InChI is InChI=1S/C15H14FNO4/c1-20-13-7-12(17)11(15(18)19)6-14(13)21-8-9-3-2-4-10(16)5-9/h2-7H,8,17H2,1H3,(H,18,19). The van der Waals surface area contributed by atoms with Gasteiger partial charge in [-0.2, -0.15) is 0 Å². The Morgan fingerprint density at radius 2 is 2.05 bits per heavy atom. The van der Waals surface area contributed by atoms with Crippen LogP contribution in [0.5, 0.6) is 11.5 Å². The summed E-state index contributed by atoms with van der Waals surface area (Å²) >= 11 is 0. The Balaban J connectivity index is 2.26. The van der Waals surface area contributed by atoms with Crippen LogP contribution in [0.4, 0.5) is 10.1 Å². The molecule has 0 heterocycles. The minimum absolute atomic E-state index is 0.0787. The number of carbonyl (C=O) groups is 1. The van der Waals surface area contributed by atoms with E-state index >= 15 is 0 Å². The fraction of sp³-hybridized carbons (Fsp3) is 0.133. The van der Waals surface area contributed by atoms with E-state index in [-0.39, 0.29) is 29.4 Å². The number of hydrogen-bond acceptors (Lipinski definition) is 4. The predicted octanol–water partition coefficient (Wildman–Crippen LogP) is 2.69. The van der Waals surface area contributed by atoms with E-state index in [1.54, 1.807) is 12.1 Å². The summed E-state index contributed by atoms with van der Waals surface area (Å²) in [7, 11) is 1.42. The molecule has 0 amide bonds. The lowest BCUT2D eigenvalue weighted by Gasteiger charge is -2.13. The zero-order valence-corrected chi connectivity index (χ0v) is 11.3. The van der Waals surface area contributed by atoms with Crippen molar-refractivity contribution in [3.63, 3.8) is 0 Å². The number of carboxylic acids is 1. The molecule has 0 spiro atoms. The molecule has 0 radical (unpaired) electrons. The van der Waals surface area contributed by atoms with Crippen molar-refractivity contribution in [1.29, 1.82) is 0 Å². The number of nitrogen functional groups attached to an aromatic ring is 1. The molecule has 110 valence electrons. The molecule has 0 aromatic heterocycles. The summed E-state index contributed by atoms with van der Waals surface area (Å²) in [6, 6.07) is 8.60. The van der Waals surface area contributed by atoms with Gasteiger partial charge >= 0.3 is 5.97 Å². The fourth-order valence-corrected chi connectivity index (χ4v) is 1.82. The highest BCUT2D eigenvalue weighted by Crippen LogP contribution is 2.32. The average Bonchev–Trinajstić information content (AvgIpc) is 2.45. The molecule has 6 heteroatoms. The minimum atomic E-state index is -1.16. The Hall–Kier alpha value is -2.76. The highest BCUT2D eigenvalue weighted by molar-refractivity contribution is 5.94. The Bertz CT molecular complexity index is 673. The summed E-state index contributed by atoms with van der Waals surface area (Å²) in [5, 5.41) is 9.05.